The normalized spacial score (nSPS) is 16.5. The highest BCUT2D eigenvalue weighted by atomic mass is 15.1. The van der Waals surface area contributed by atoms with Crippen molar-refractivity contribution in [1.29, 1.82) is 0 Å². The first kappa shape index (κ1) is 23.2. The fourth-order valence-electron chi connectivity index (χ4n) is 5.31. The highest BCUT2D eigenvalue weighted by Crippen LogP contribution is 2.36. The summed E-state index contributed by atoms with van der Waals surface area (Å²) in [5.41, 5.74) is 12.9. The van der Waals surface area contributed by atoms with Gasteiger partial charge in [0.05, 0.1) is 11.1 Å². The van der Waals surface area contributed by atoms with Crippen molar-refractivity contribution >= 4 is 22.5 Å². The Morgan fingerprint density at radius 1 is 1.00 bits per heavy atom. The Morgan fingerprint density at radius 3 is 2.51 bits per heavy atom. The molecular weight excluding hydrogens is 432 g/mol. The van der Waals surface area contributed by atoms with Crippen LogP contribution in [0.2, 0.25) is 0 Å². The average Bonchev–Trinajstić information content (AvgIpc) is 2.90. The van der Waals surface area contributed by atoms with E-state index in [-0.39, 0.29) is 0 Å². The second-order valence-electron chi connectivity index (χ2n) is 9.33. The Labute approximate surface area is 207 Å². The minimum atomic E-state index is 0.361. The first-order valence-electron chi connectivity index (χ1n) is 12.7. The number of nitrogens with two attached hydrogens (primary N) is 1. The van der Waals surface area contributed by atoms with Crippen LogP contribution in [0.4, 0.5) is 11.5 Å². The van der Waals surface area contributed by atoms with E-state index in [0.717, 1.165) is 62.2 Å². The van der Waals surface area contributed by atoms with Crippen molar-refractivity contribution in [3.63, 3.8) is 0 Å². The highest BCUT2D eigenvalue weighted by Gasteiger charge is 2.25. The predicted molar refractivity (Wildman–Crippen MR) is 144 cm³/mol. The third-order valence-electron chi connectivity index (χ3n) is 7.15. The summed E-state index contributed by atoms with van der Waals surface area (Å²) in [7, 11) is 0. The molecule has 3 heterocycles. The van der Waals surface area contributed by atoms with Crippen LogP contribution in [0.25, 0.3) is 22.3 Å². The summed E-state index contributed by atoms with van der Waals surface area (Å²) < 4.78 is 0. The Morgan fingerprint density at radius 2 is 1.77 bits per heavy atom. The van der Waals surface area contributed by atoms with E-state index in [4.69, 9.17) is 10.7 Å². The molecule has 0 saturated carbocycles. The zero-order valence-electron chi connectivity index (χ0n) is 20.7. The fraction of sp³-hybridized carbons (Fsp3) is 0.345. The van der Waals surface area contributed by atoms with Gasteiger partial charge in [0, 0.05) is 37.4 Å². The van der Waals surface area contributed by atoms with Crippen LogP contribution in [0.1, 0.15) is 43.7 Å². The van der Waals surface area contributed by atoms with E-state index in [9.17, 15) is 0 Å². The summed E-state index contributed by atoms with van der Waals surface area (Å²) in [6.07, 6.45) is 3.80. The van der Waals surface area contributed by atoms with Crippen molar-refractivity contribution in [2.75, 3.05) is 36.8 Å². The molecule has 6 heteroatoms. The molecule has 0 amide bonds. The van der Waals surface area contributed by atoms with E-state index in [0.29, 0.717) is 17.4 Å². The van der Waals surface area contributed by atoms with Crippen LogP contribution >= 0.6 is 0 Å². The zero-order chi connectivity index (χ0) is 24.2. The second-order valence-corrected chi connectivity index (χ2v) is 9.33. The number of pyridine rings is 1. The molecule has 4 aromatic rings. The van der Waals surface area contributed by atoms with Gasteiger partial charge in [-0.15, -0.1) is 0 Å². The van der Waals surface area contributed by atoms with Gasteiger partial charge < -0.3 is 10.6 Å². The van der Waals surface area contributed by atoms with Crippen molar-refractivity contribution in [1.82, 2.24) is 19.9 Å². The Hall–Kier alpha value is -3.51. The van der Waals surface area contributed by atoms with Crippen LogP contribution in [0.15, 0.2) is 67.0 Å². The van der Waals surface area contributed by atoms with E-state index < -0.39 is 0 Å². The van der Waals surface area contributed by atoms with Gasteiger partial charge in [-0.25, -0.2) is 15.0 Å². The zero-order valence-corrected chi connectivity index (χ0v) is 20.7. The monoisotopic (exact) mass is 466 g/mol. The molecular formula is C29H34N6. The molecule has 1 unspecified atom stereocenters. The van der Waals surface area contributed by atoms with Gasteiger partial charge in [-0.3, -0.25) is 4.90 Å². The second kappa shape index (κ2) is 10.4. The Kier molecular flexibility index (Phi) is 6.91. The molecule has 2 N–H and O–H groups in total. The number of nitrogens with zero attached hydrogens (tertiary/aromatic N) is 5. The largest absolute Gasteiger partial charge is 0.383 e. The molecule has 0 radical (unpaired) electrons. The van der Waals surface area contributed by atoms with Crippen LogP contribution in [-0.4, -0.2) is 46.0 Å². The first-order valence-corrected chi connectivity index (χ1v) is 12.7. The maximum atomic E-state index is 6.38. The quantitative estimate of drug-likeness (QED) is 0.388. The molecule has 5 rings (SSSR count). The lowest BCUT2D eigenvalue weighted by molar-refractivity contribution is 0.201. The van der Waals surface area contributed by atoms with E-state index in [1.807, 2.05) is 0 Å². The van der Waals surface area contributed by atoms with Crippen LogP contribution in [0, 0.1) is 0 Å². The molecule has 1 aliphatic heterocycles. The van der Waals surface area contributed by atoms with E-state index in [2.05, 4.69) is 94.3 Å². The lowest BCUT2D eigenvalue weighted by Crippen LogP contribution is -2.34. The molecule has 0 bridgehead atoms. The molecule has 2 aromatic carbocycles. The predicted octanol–water partition coefficient (Wildman–Crippen LogP) is 5.50. The van der Waals surface area contributed by atoms with Crippen LogP contribution in [0.5, 0.6) is 0 Å². The molecule has 1 saturated heterocycles. The third-order valence-corrected chi connectivity index (χ3v) is 7.15. The summed E-state index contributed by atoms with van der Waals surface area (Å²) >= 11 is 0. The van der Waals surface area contributed by atoms with Crippen LogP contribution in [-0.2, 0) is 6.54 Å². The maximum Gasteiger partial charge on any atom is 0.165 e. The molecule has 0 spiro atoms. The van der Waals surface area contributed by atoms with Crippen LogP contribution in [0.3, 0.4) is 0 Å². The molecule has 1 fully saturated rings. The number of benzene rings is 2. The first-order chi connectivity index (χ1) is 17.2. The van der Waals surface area contributed by atoms with Gasteiger partial charge in [0.15, 0.2) is 5.65 Å². The van der Waals surface area contributed by atoms with Gasteiger partial charge in [-0.05, 0) is 68.5 Å². The molecule has 1 atom stereocenters. The Bertz CT molecular complexity index is 1270. The van der Waals surface area contributed by atoms with Gasteiger partial charge in [0.2, 0.25) is 0 Å². The van der Waals surface area contributed by atoms with Gasteiger partial charge >= 0.3 is 0 Å². The van der Waals surface area contributed by atoms with Gasteiger partial charge in [-0.1, -0.05) is 42.5 Å². The number of rotatable bonds is 7. The summed E-state index contributed by atoms with van der Waals surface area (Å²) in [6.45, 7) is 9.42. The van der Waals surface area contributed by atoms with Crippen molar-refractivity contribution in [3.05, 3.63) is 78.1 Å². The molecule has 0 aliphatic carbocycles. The number of fused-ring (bicyclic) bond motifs is 1. The van der Waals surface area contributed by atoms with Crippen molar-refractivity contribution in [2.24, 2.45) is 0 Å². The van der Waals surface area contributed by atoms with Gasteiger partial charge in [0.1, 0.15) is 12.1 Å². The lowest BCUT2D eigenvalue weighted by atomic mass is 9.88. The molecule has 35 heavy (non-hydrogen) atoms. The van der Waals surface area contributed by atoms with Gasteiger partial charge in [-0.2, -0.15) is 0 Å². The minimum absolute atomic E-state index is 0.361. The van der Waals surface area contributed by atoms with Crippen LogP contribution < -0.4 is 10.6 Å². The van der Waals surface area contributed by atoms with Gasteiger partial charge in [0.25, 0.3) is 0 Å². The molecule has 1 aliphatic rings. The highest BCUT2D eigenvalue weighted by molar-refractivity contribution is 5.91. The van der Waals surface area contributed by atoms with Crippen molar-refractivity contribution in [2.45, 2.75) is 39.2 Å². The van der Waals surface area contributed by atoms with E-state index in [1.165, 1.54) is 23.1 Å². The number of likely N-dealkylation sites (tertiary alicyclic amines) is 1. The number of piperidine rings is 1. The topological polar surface area (TPSA) is 71.2 Å². The lowest BCUT2D eigenvalue weighted by Gasteiger charge is -2.33. The molecule has 2 aromatic heterocycles. The standard InChI is InChI=1S/C29H34N6/c1-3-35(4-2)24-14-12-22(13-15-24)26-17-25(27-28(30)31-20-32-29(27)33-26)23-11-8-16-34(19-23)18-21-9-6-5-7-10-21/h5-7,9-10,12-15,17,20,23H,3-4,8,11,16,18-19H2,1-2H3,(H2,30,31,32,33). The number of hydrogen-bond acceptors (Lipinski definition) is 6. The van der Waals surface area contributed by atoms with Crippen molar-refractivity contribution in [3.8, 4) is 11.3 Å². The number of anilines is 2. The van der Waals surface area contributed by atoms with E-state index >= 15 is 0 Å². The summed E-state index contributed by atoms with van der Waals surface area (Å²) in [5, 5.41) is 0.905. The van der Waals surface area contributed by atoms with E-state index in [1.54, 1.807) is 0 Å². The summed E-state index contributed by atoms with van der Waals surface area (Å²) in [4.78, 5) is 18.6. The summed E-state index contributed by atoms with van der Waals surface area (Å²) in [6, 6.07) is 21.6. The molecule has 6 nitrogen and oxygen atoms in total. The number of hydrogen-bond donors (Lipinski definition) is 1. The summed E-state index contributed by atoms with van der Waals surface area (Å²) in [5.74, 6) is 0.876. The average molecular weight is 467 g/mol. The number of aromatic nitrogens is 3. The SMILES string of the molecule is CCN(CC)c1ccc(-c2cc(C3CCCN(Cc4ccccc4)C3)c3c(N)ncnc3n2)cc1. The maximum absolute atomic E-state index is 6.38. The smallest absolute Gasteiger partial charge is 0.165 e. The Balaban J connectivity index is 1.50. The number of nitrogen functional groups attached to an aromatic ring is 1. The molecule has 180 valence electrons. The van der Waals surface area contributed by atoms with Crippen molar-refractivity contribution < 1.29 is 0 Å². The fourth-order valence-corrected chi connectivity index (χ4v) is 5.31. The minimum Gasteiger partial charge on any atom is -0.383 e. The third kappa shape index (κ3) is 4.98.